The third-order valence-electron chi connectivity index (χ3n) is 4.34. The van der Waals surface area contributed by atoms with Crippen LogP contribution in [0.5, 0.6) is 5.75 Å². The highest BCUT2D eigenvalue weighted by molar-refractivity contribution is 7.92. The molecule has 0 spiro atoms. The Balaban J connectivity index is 1.75. The molecule has 0 aromatic heterocycles. The Kier molecular flexibility index (Phi) is 6.01. The minimum absolute atomic E-state index is 0.0731. The van der Waals surface area contributed by atoms with Crippen molar-refractivity contribution in [2.45, 2.75) is 37.5 Å². The number of hydrogen-bond donors (Lipinski definition) is 1. The highest BCUT2D eigenvalue weighted by Crippen LogP contribution is 2.26. The second-order valence-corrected chi connectivity index (χ2v) is 8.16. The third-order valence-corrected chi connectivity index (χ3v) is 5.74. The van der Waals surface area contributed by atoms with Crippen LogP contribution in [0.25, 0.3) is 0 Å². The normalized spacial score (nSPS) is 14.9. The summed E-state index contributed by atoms with van der Waals surface area (Å²) in [4.78, 5) is 14.0. The Morgan fingerprint density at radius 3 is 2.59 bits per heavy atom. The summed E-state index contributed by atoms with van der Waals surface area (Å²) in [5.41, 5.74) is 1.14. The molecule has 1 aliphatic heterocycles. The smallest absolute Gasteiger partial charge is 0.261 e. The summed E-state index contributed by atoms with van der Waals surface area (Å²) in [5, 5.41) is 0. The van der Waals surface area contributed by atoms with E-state index in [1.54, 1.807) is 35.2 Å². The number of nitrogens with one attached hydrogen (secondary N) is 1. The largest absolute Gasteiger partial charge is 0.494 e. The molecule has 0 saturated carbocycles. The predicted molar refractivity (Wildman–Crippen MR) is 106 cm³/mol. The highest BCUT2D eigenvalue weighted by Gasteiger charge is 2.20. The van der Waals surface area contributed by atoms with E-state index in [0.717, 1.165) is 19.3 Å². The first-order valence-electron chi connectivity index (χ1n) is 9.16. The predicted octanol–water partition coefficient (Wildman–Crippen LogP) is 3.79. The molecule has 0 aliphatic carbocycles. The lowest BCUT2D eigenvalue weighted by Gasteiger charge is -2.27. The molecule has 1 amide bonds. The number of hydrogen-bond acceptors (Lipinski definition) is 4. The molecule has 1 fully saturated rings. The zero-order valence-corrected chi connectivity index (χ0v) is 16.2. The van der Waals surface area contributed by atoms with Crippen LogP contribution in [-0.2, 0) is 14.8 Å². The van der Waals surface area contributed by atoms with Gasteiger partial charge in [0.2, 0.25) is 5.91 Å². The monoisotopic (exact) mass is 388 g/mol. The first-order chi connectivity index (χ1) is 13.0. The maximum absolute atomic E-state index is 12.6. The second kappa shape index (κ2) is 8.43. The van der Waals surface area contributed by atoms with Gasteiger partial charge in [0.05, 0.1) is 17.2 Å². The van der Waals surface area contributed by atoms with Crippen molar-refractivity contribution in [3.63, 3.8) is 0 Å². The average Bonchev–Trinajstić information content (AvgIpc) is 2.67. The molecule has 1 saturated heterocycles. The van der Waals surface area contributed by atoms with E-state index in [1.807, 2.05) is 13.0 Å². The molecule has 6 nitrogen and oxygen atoms in total. The number of sulfonamides is 1. The first-order valence-corrected chi connectivity index (χ1v) is 10.6. The zero-order valence-electron chi connectivity index (χ0n) is 15.3. The van der Waals surface area contributed by atoms with Gasteiger partial charge in [-0.15, -0.1) is 0 Å². The number of rotatable bonds is 7. The summed E-state index contributed by atoms with van der Waals surface area (Å²) in [6.07, 6.45) is 3.27. The highest BCUT2D eigenvalue weighted by atomic mass is 32.2. The molecule has 0 unspecified atom stereocenters. The Hall–Kier alpha value is -2.54. The topological polar surface area (TPSA) is 75.7 Å². The standard InChI is InChI=1S/C20H24N2O4S/c1-2-14-26-18-9-11-19(12-10-18)27(24,25)21-16-6-5-7-17(15-16)22-13-4-3-8-20(22)23/h5-7,9-12,15,21H,2-4,8,13-14H2,1H3. The van der Waals surface area contributed by atoms with Gasteiger partial charge in [-0.25, -0.2) is 8.42 Å². The zero-order chi connectivity index (χ0) is 19.3. The van der Waals surface area contributed by atoms with Crippen molar-refractivity contribution in [2.75, 3.05) is 22.8 Å². The Bertz CT molecular complexity index is 894. The molecule has 0 radical (unpaired) electrons. The maximum atomic E-state index is 12.6. The molecular weight excluding hydrogens is 364 g/mol. The quantitative estimate of drug-likeness (QED) is 0.783. The lowest BCUT2D eigenvalue weighted by molar-refractivity contribution is -0.119. The van der Waals surface area contributed by atoms with Crippen molar-refractivity contribution in [1.29, 1.82) is 0 Å². The van der Waals surface area contributed by atoms with E-state index in [4.69, 9.17) is 4.74 Å². The number of piperidine rings is 1. The fourth-order valence-corrected chi connectivity index (χ4v) is 4.01. The lowest BCUT2D eigenvalue weighted by atomic mass is 10.1. The van der Waals surface area contributed by atoms with E-state index in [9.17, 15) is 13.2 Å². The van der Waals surface area contributed by atoms with Gasteiger partial charge in [-0.1, -0.05) is 13.0 Å². The van der Waals surface area contributed by atoms with E-state index in [-0.39, 0.29) is 10.8 Å². The van der Waals surface area contributed by atoms with Crippen LogP contribution in [0, 0.1) is 0 Å². The van der Waals surface area contributed by atoms with Crippen molar-refractivity contribution in [3.05, 3.63) is 48.5 Å². The van der Waals surface area contributed by atoms with E-state index in [1.165, 1.54) is 12.1 Å². The van der Waals surface area contributed by atoms with E-state index in [2.05, 4.69) is 4.72 Å². The van der Waals surface area contributed by atoms with Crippen molar-refractivity contribution < 1.29 is 17.9 Å². The van der Waals surface area contributed by atoms with Crippen molar-refractivity contribution in [3.8, 4) is 5.75 Å². The van der Waals surface area contributed by atoms with Crippen LogP contribution in [0.15, 0.2) is 53.4 Å². The van der Waals surface area contributed by atoms with Crippen LogP contribution < -0.4 is 14.4 Å². The van der Waals surface area contributed by atoms with Gasteiger partial charge in [-0.2, -0.15) is 0 Å². The summed E-state index contributed by atoms with van der Waals surface area (Å²) in [6, 6.07) is 13.3. The van der Waals surface area contributed by atoms with Crippen LogP contribution in [0.1, 0.15) is 32.6 Å². The molecule has 2 aromatic rings. The molecule has 2 aromatic carbocycles. The van der Waals surface area contributed by atoms with Gasteiger partial charge in [-0.3, -0.25) is 9.52 Å². The molecule has 1 N–H and O–H groups in total. The minimum Gasteiger partial charge on any atom is -0.494 e. The summed E-state index contributed by atoms with van der Waals surface area (Å²) in [7, 11) is -3.72. The number of nitrogens with zero attached hydrogens (tertiary/aromatic N) is 1. The van der Waals surface area contributed by atoms with E-state index >= 15 is 0 Å². The Morgan fingerprint density at radius 2 is 1.89 bits per heavy atom. The molecule has 0 bridgehead atoms. The molecule has 1 heterocycles. The van der Waals surface area contributed by atoms with Crippen LogP contribution in [0.3, 0.4) is 0 Å². The van der Waals surface area contributed by atoms with Gasteiger partial charge in [0.1, 0.15) is 5.75 Å². The summed E-state index contributed by atoms with van der Waals surface area (Å²) < 4.78 is 33.4. The summed E-state index contributed by atoms with van der Waals surface area (Å²) >= 11 is 0. The van der Waals surface area contributed by atoms with Crippen LogP contribution >= 0.6 is 0 Å². The Morgan fingerprint density at radius 1 is 1.11 bits per heavy atom. The van der Waals surface area contributed by atoms with Crippen LogP contribution in [0.2, 0.25) is 0 Å². The number of ether oxygens (including phenoxy) is 1. The number of anilines is 2. The number of amides is 1. The molecule has 3 rings (SSSR count). The number of benzene rings is 2. The third kappa shape index (κ3) is 4.80. The van der Waals surface area contributed by atoms with Gasteiger partial charge >= 0.3 is 0 Å². The van der Waals surface area contributed by atoms with Gasteiger partial charge < -0.3 is 9.64 Å². The molecule has 0 atom stereocenters. The minimum atomic E-state index is -3.72. The maximum Gasteiger partial charge on any atom is 0.261 e. The van der Waals surface area contributed by atoms with Crippen molar-refractivity contribution in [1.82, 2.24) is 0 Å². The van der Waals surface area contributed by atoms with Crippen molar-refractivity contribution >= 4 is 27.3 Å². The first kappa shape index (κ1) is 19.2. The molecule has 1 aliphatic rings. The number of carbonyl (C=O) groups is 1. The fourth-order valence-electron chi connectivity index (χ4n) is 2.97. The summed E-state index contributed by atoms with van der Waals surface area (Å²) in [5.74, 6) is 0.713. The second-order valence-electron chi connectivity index (χ2n) is 6.48. The van der Waals surface area contributed by atoms with Gasteiger partial charge in [0, 0.05) is 18.7 Å². The fraction of sp³-hybridized carbons (Fsp3) is 0.350. The van der Waals surface area contributed by atoms with E-state index in [0.29, 0.717) is 36.7 Å². The average molecular weight is 388 g/mol. The van der Waals surface area contributed by atoms with Crippen LogP contribution in [-0.4, -0.2) is 27.5 Å². The number of carbonyl (C=O) groups excluding carboxylic acids is 1. The summed E-state index contributed by atoms with van der Waals surface area (Å²) in [6.45, 7) is 3.26. The molecule has 7 heteroatoms. The Labute approximate surface area is 160 Å². The van der Waals surface area contributed by atoms with Gasteiger partial charge in [-0.05, 0) is 61.7 Å². The van der Waals surface area contributed by atoms with E-state index < -0.39 is 10.0 Å². The van der Waals surface area contributed by atoms with Gasteiger partial charge in [0.25, 0.3) is 10.0 Å². The molecule has 27 heavy (non-hydrogen) atoms. The SMILES string of the molecule is CCCOc1ccc(S(=O)(=O)Nc2cccc(N3CCCCC3=O)c2)cc1. The molecular formula is C20H24N2O4S. The van der Waals surface area contributed by atoms with Crippen LogP contribution in [0.4, 0.5) is 11.4 Å². The van der Waals surface area contributed by atoms with Gasteiger partial charge in [0.15, 0.2) is 0 Å². The molecule has 144 valence electrons. The lowest BCUT2D eigenvalue weighted by Crippen LogP contribution is -2.35. The van der Waals surface area contributed by atoms with Crippen molar-refractivity contribution in [2.24, 2.45) is 0 Å².